The molecule has 1 saturated heterocycles. The monoisotopic (exact) mass is 280 g/mol. The fourth-order valence-corrected chi connectivity index (χ4v) is 2.57. The Balaban J connectivity index is 1.84. The maximum atomic E-state index is 8.78. The molecule has 1 fully saturated rings. The highest BCUT2D eigenvalue weighted by atomic mass is 16.5. The van der Waals surface area contributed by atoms with Crippen molar-refractivity contribution >= 4 is 5.82 Å². The molecule has 5 heteroatoms. The first kappa shape index (κ1) is 13.5. The molecule has 0 saturated carbocycles. The van der Waals surface area contributed by atoms with E-state index in [-0.39, 0.29) is 5.60 Å². The molecular weight excluding hydrogens is 264 g/mol. The lowest BCUT2D eigenvalue weighted by atomic mass is 9.94. The molecule has 1 aliphatic heterocycles. The Kier molecular flexibility index (Phi) is 3.55. The maximum absolute atomic E-state index is 8.78. The molecule has 3 rings (SSSR count). The molecule has 0 radical (unpaired) electrons. The number of ether oxygens (including phenoxy) is 1. The standard InChI is InChI=1S/C16H16N4O/c1-16(13-5-3-2-4-6-13)12-20(7-8-21-16)15-11-18-14(9-17)10-19-15/h2-6,10-11H,7-8,12H2,1H3. The molecule has 2 heterocycles. The molecule has 0 spiro atoms. The lowest BCUT2D eigenvalue weighted by Crippen LogP contribution is -2.48. The van der Waals surface area contributed by atoms with Crippen LogP contribution in [0.4, 0.5) is 5.82 Å². The van der Waals surface area contributed by atoms with Gasteiger partial charge in [0.15, 0.2) is 5.69 Å². The van der Waals surface area contributed by atoms with Crippen LogP contribution in [0.1, 0.15) is 18.2 Å². The van der Waals surface area contributed by atoms with Crippen molar-refractivity contribution in [3.8, 4) is 6.07 Å². The van der Waals surface area contributed by atoms with Crippen molar-refractivity contribution in [1.29, 1.82) is 5.26 Å². The number of nitriles is 1. The fraction of sp³-hybridized carbons (Fsp3) is 0.312. The van der Waals surface area contributed by atoms with Crippen molar-refractivity contribution in [2.24, 2.45) is 0 Å². The number of aromatic nitrogens is 2. The van der Waals surface area contributed by atoms with Gasteiger partial charge in [0.05, 0.1) is 25.5 Å². The van der Waals surface area contributed by atoms with Gasteiger partial charge >= 0.3 is 0 Å². The zero-order valence-corrected chi connectivity index (χ0v) is 11.9. The first-order valence-corrected chi connectivity index (χ1v) is 6.88. The largest absolute Gasteiger partial charge is 0.367 e. The number of hydrogen-bond acceptors (Lipinski definition) is 5. The normalized spacial score (nSPS) is 21.8. The number of morpholine rings is 1. The molecule has 0 aliphatic carbocycles. The fourth-order valence-electron chi connectivity index (χ4n) is 2.57. The molecule has 21 heavy (non-hydrogen) atoms. The van der Waals surface area contributed by atoms with Gasteiger partial charge in [-0.15, -0.1) is 0 Å². The van der Waals surface area contributed by atoms with Crippen LogP contribution in [0.5, 0.6) is 0 Å². The Morgan fingerprint density at radius 2 is 2.05 bits per heavy atom. The second kappa shape index (κ2) is 5.51. The minimum atomic E-state index is -0.366. The van der Waals surface area contributed by atoms with Gasteiger partial charge in [-0.1, -0.05) is 30.3 Å². The zero-order valence-electron chi connectivity index (χ0n) is 11.9. The number of rotatable bonds is 2. The van der Waals surface area contributed by atoms with Gasteiger partial charge in [-0.05, 0) is 12.5 Å². The summed E-state index contributed by atoms with van der Waals surface area (Å²) in [5.74, 6) is 0.777. The van der Waals surface area contributed by atoms with Gasteiger partial charge in [0, 0.05) is 6.54 Å². The van der Waals surface area contributed by atoms with Crippen LogP contribution in [0.3, 0.4) is 0 Å². The predicted molar refractivity (Wildman–Crippen MR) is 78.7 cm³/mol. The summed E-state index contributed by atoms with van der Waals surface area (Å²) in [6.07, 6.45) is 3.15. The molecule has 1 unspecified atom stereocenters. The van der Waals surface area contributed by atoms with Crippen molar-refractivity contribution < 1.29 is 4.74 Å². The molecular formula is C16H16N4O. The maximum Gasteiger partial charge on any atom is 0.158 e. The van der Waals surface area contributed by atoms with Gasteiger partial charge in [0.1, 0.15) is 17.5 Å². The van der Waals surface area contributed by atoms with E-state index >= 15 is 0 Å². The molecule has 5 nitrogen and oxygen atoms in total. The Morgan fingerprint density at radius 3 is 2.71 bits per heavy atom. The Hall–Kier alpha value is -2.45. The minimum absolute atomic E-state index is 0.331. The summed E-state index contributed by atoms with van der Waals surface area (Å²) < 4.78 is 6.01. The lowest BCUT2D eigenvalue weighted by Gasteiger charge is -2.41. The van der Waals surface area contributed by atoms with Gasteiger partial charge in [0.25, 0.3) is 0 Å². The van der Waals surface area contributed by atoms with E-state index in [2.05, 4.69) is 33.9 Å². The van der Waals surface area contributed by atoms with Crippen molar-refractivity contribution in [3.05, 3.63) is 54.0 Å². The second-order valence-corrected chi connectivity index (χ2v) is 5.24. The summed E-state index contributed by atoms with van der Waals surface area (Å²) in [6.45, 7) is 4.19. The topological polar surface area (TPSA) is 62.0 Å². The number of nitrogens with zero attached hydrogens (tertiary/aromatic N) is 4. The van der Waals surface area contributed by atoms with Gasteiger partial charge in [-0.2, -0.15) is 5.26 Å². The lowest BCUT2D eigenvalue weighted by molar-refractivity contribution is -0.0468. The van der Waals surface area contributed by atoms with Crippen molar-refractivity contribution in [3.63, 3.8) is 0 Å². The highest BCUT2D eigenvalue weighted by molar-refractivity contribution is 5.40. The highest BCUT2D eigenvalue weighted by Crippen LogP contribution is 2.30. The number of hydrogen-bond donors (Lipinski definition) is 0. The SMILES string of the molecule is CC1(c2ccccc2)CN(c2cnc(C#N)cn2)CCO1. The summed E-state index contributed by atoms with van der Waals surface area (Å²) in [5.41, 5.74) is 1.11. The molecule has 0 bridgehead atoms. The Morgan fingerprint density at radius 1 is 1.24 bits per heavy atom. The summed E-state index contributed by atoms with van der Waals surface area (Å²) in [5, 5.41) is 8.78. The quantitative estimate of drug-likeness (QED) is 0.843. The van der Waals surface area contributed by atoms with Crippen molar-refractivity contribution in [2.75, 3.05) is 24.6 Å². The predicted octanol–water partition coefficient (Wildman–Crippen LogP) is 2.10. The van der Waals surface area contributed by atoms with E-state index in [0.29, 0.717) is 18.8 Å². The minimum Gasteiger partial charge on any atom is -0.367 e. The molecule has 1 aromatic heterocycles. The van der Waals surface area contributed by atoms with Gasteiger partial charge in [-0.25, -0.2) is 9.97 Å². The van der Waals surface area contributed by atoms with Gasteiger partial charge < -0.3 is 9.64 Å². The van der Waals surface area contributed by atoms with Crippen molar-refractivity contribution in [1.82, 2.24) is 9.97 Å². The van der Waals surface area contributed by atoms with E-state index in [1.54, 1.807) is 6.20 Å². The summed E-state index contributed by atoms with van der Waals surface area (Å²) in [4.78, 5) is 10.5. The summed E-state index contributed by atoms with van der Waals surface area (Å²) >= 11 is 0. The molecule has 0 N–H and O–H groups in total. The Labute approximate surface area is 123 Å². The van der Waals surface area contributed by atoms with Crippen LogP contribution in [-0.2, 0) is 10.3 Å². The average Bonchev–Trinajstić information content (AvgIpc) is 2.56. The summed E-state index contributed by atoms with van der Waals surface area (Å²) in [6, 6.07) is 12.2. The van der Waals surface area contributed by atoms with E-state index in [1.807, 2.05) is 24.3 Å². The third-order valence-electron chi connectivity index (χ3n) is 3.74. The van der Waals surface area contributed by atoms with Crippen LogP contribution in [0.2, 0.25) is 0 Å². The van der Waals surface area contributed by atoms with Crippen LogP contribution in [-0.4, -0.2) is 29.7 Å². The second-order valence-electron chi connectivity index (χ2n) is 5.24. The van der Waals surface area contributed by atoms with Crippen LogP contribution in [0, 0.1) is 11.3 Å². The molecule has 106 valence electrons. The molecule has 0 amide bonds. The van der Waals surface area contributed by atoms with E-state index < -0.39 is 0 Å². The first-order valence-electron chi connectivity index (χ1n) is 6.88. The van der Waals surface area contributed by atoms with Crippen molar-refractivity contribution in [2.45, 2.75) is 12.5 Å². The third-order valence-corrected chi connectivity index (χ3v) is 3.74. The van der Waals surface area contributed by atoms with E-state index in [0.717, 1.165) is 17.9 Å². The van der Waals surface area contributed by atoms with Crippen LogP contribution >= 0.6 is 0 Å². The number of anilines is 1. The molecule has 1 aromatic carbocycles. The first-order chi connectivity index (χ1) is 10.2. The van der Waals surface area contributed by atoms with Crippen LogP contribution in [0.25, 0.3) is 0 Å². The smallest absolute Gasteiger partial charge is 0.158 e. The van der Waals surface area contributed by atoms with E-state index in [4.69, 9.17) is 10.00 Å². The van der Waals surface area contributed by atoms with E-state index in [9.17, 15) is 0 Å². The average molecular weight is 280 g/mol. The Bertz CT molecular complexity index is 650. The third kappa shape index (κ3) is 2.71. The van der Waals surface area contributed by atoms with Crippen LogP contribution < -0.4 is 4.90 Å². The zero-order chi connectivity index (χ0) is 14.7. The summed E-state index contributed by atoms with van der Waals surface area (Å²) in [7, 11) is 0. The van der Waals surface area contributed by atoms with Crippen LogP contribution in [0.15, 0.2) is 42.7 Å². The van der Waals surface area contributed by atoms with E-state index in [1.165, 1.54) is 6.20 Å². The number of benzene rings is 1. The molecule has 2 aromatic rings. The molecule has 1 atom stereocenters. The van der Waals surface area contributed by atoms with Gasteiger partial charge in [0.2, 0.25) is 0 Å². The molecule has 1 aliphatic rings. The van der Waals surface area contributed by atoms with Gasteiger partial charge in [-0.3, -0.25) is 0 Å². The highest BCUT2D eigenvalue weighted by Gasteiger charge is 2.34.